The van der Waals surface area contributed by atoms with Crippen molar-refractivity contribution in [2.75, 3.05) is 0 Å². The molecule has 0 saturated carbocycles. The Morgan fingerprint density at radius 3 is 2.44 bits per heavy atom. The normalized spacial score (nSPS) is 11.7. The average Bonchev–Trinajstić information content (AvgIpc) is 3.25. The number of imidazole rings is 1. The van der Waals surface area contributed by atoms with E-state index in [9.17, 15) is 18.0 Å². The van der Waals surface area contributed by atoms with Crippen LogP contribution in [0.2, 0.25) is 0 Å². The molecule has 0 spiro atoms. The molecule has 10 nitrogen and oxygen atoms in total. The topological polar surface area (TPSA) is 136 Å². The van der Waals surface area contributed by atoms with Gasteiger partial charge in [-0.2, -0.15) is 8.42 Å². The molecule has 0 saturated heterocycles. The molecule has 0 atom stereocenters. The Kier molecular flexibility index (Phi) is 7.70. The molecule has 36 heavy (non-hydrogen) atoms. The van der Waals surface area contributed by atoms with E-state index in [1.807, 2.05) is 43.3 Å². The number of nitrogens with zero attached hydrogens (tertiary/aromatic N) is 3. The zero-order chi connectivity index (χ0) is 25.7. The Labute approximate surface area is 208 Å². The van der Waals surface area contributed by atoms with Crippen LogP contribution in [-0.4, -0.2) is 32.1 Å². The molecular formula is C25H28N4O6S. The highest BCUT2D eigenvalue weighted by Crippen LogP contribution is 2.17. The molecular weight excluding hydrogens is 484 g/mol. The number of fused-ring (bicyclic) bond motifs is 1. The maximum Gasteiger partial charge on any atom is 0.446 e. The first-order valence-electron chi connectivity index (χ1n) is 11.8. The van der Waals surface area contributed by atoms with Gasteiger partial charge in [0.1, 0.15) is 17.1 Å². The Hall–Kier alpha value is -3.70. The van der Waals surface area contributed by atoms with Crippen molar-refractivity contribution in [2.45, 2.75) is 52.1 Å². The Bertz CT molecular complexity index is 1570. The maximum atomic E-state index is 13.4. The average molecular weight is 513 g/mol. The number of benzene rings is 2. The molecule has 0 radical (unpaired) electrons. The van der Waals surface area contributed by atoms with Crippen molar-refractivity contribution in [2.24, 2.45) is 0 Å². The summed E-state index contributed by atoms with van der Waals surface area (Å²) in [6, 6.07) is 15.8. The molecule has 0 bridgehead atoms. The van der Waals surface area contributed by atoms with Crippen LogP contribution in [0.1, 0.15) is 43.1 Å². The molecule has 2 aromatic carbocycles. The molecule has 11 heteroatoms. The largest absolute Gasteiger partial charge is 0.446 e. The van der Waals surface area contributed by atoms with Crippen molar-refractivity contribution in [3.05, 3.63) is 92.4 Å². The molecule has 2 N–H and O–H groups in total. The van der Waals surface area contributed by atoms with E-state index < -0.39 is 16.1 Å². The SMILES string of the molecule is CCCc1nc2c([nH]1)c(=O)n(Cc1ccccc1)c(=O)n2CCCCc1cccc(OS(=O)(=O)O)c1. The van der Waals surface area contributed by atoms with Gasteiger partial charge in [-0.3, -0.25) is 18.5 Å². The number of aromatic nitrogens is 4. The monoisotopic (exact) mass is 512 g/mol. The first kappa shape index (κ1) is 25.4. The van der Waals surface area contributed by atoms with Crippen LogP contribution in [0.5, 0.6) is 5.75 Å². The van der Waals surface area contributed by atoms with Gasteiger partial charge in [0.05, 0.1) is 6.54 Å². The summed E-state index contributed by atoms with van der Waals surface area (Å²) in [5.41, 5.74) is 1.57. The molecule has 4 rings (SSSR count). The Balaban J connectivity index is 1.57. The van der Waals surface area contributed by atoms with Gasteiger partial charge >= 0.3 is 16.1 Å². The fourth-order valence-electron chi connectivity index (χ4n) is 4.15. The van der Waals surface area contributed by atoms with E-state index >= 15 is 0 Å². The van der Waals surface area contributed by atoms with Crippen molar-refractivity contribution in [1.29, 1.82) is 0 Å². The van der Waals surface area contributed by atoms with Gasteiger partial charge < -0.3 is 9.17 Å². The van der Waals surface area contributed by atoms with Gasteiger partial charge in [-0.25, -0.2) is 9.78 Å². The van der Waals surface area contributed by atoms with Gasteiger partial charge in [-0.05, 0) is 48.9 Å². The lowest BCUT2D eigenvalue weighted by molar-refractivity contribution is 0.386. The minimum Gasteiger partial charge on any atom is -0.362 e. The van der Waals surface area contributed by atoms with Crippen LogP contribution in [0.25, 0.3) is 11.2 Å². The number of H-pyrrole nitrogens is 1. The summed E-state index contributed by atoms with van der Waals surface area (Å²) >= 11 is 0. The number of nitrogens with one attached hydrogen (secondary N) is 1. The number of aryl methyl sites for hydroxylation is 3. The van der Waals surface area contributed by atoms with Crippen molar-refractivity contribution >= 4 is 21.6 Å². The van der Waals surface area contributed by atoms with E-state index in [0.29, 0.717) is 49.2 Å². The summed E-state index contributed by atoms with van der Waals surface area (Å²) in [6.45, 7) is 2.54. The van der Waals surface area contributed by atoms with Crippen molar-refractivity contribution in [1.82, 2.24) is 19.1 Å². The zero-order valence-corrected chi connectivity index (χ0v) is 20.7. The van der Waals surface area contributed by atoms with E-state index in [1.54, 1.807) is 16.7 Å². The van der Waals surface area contributed by atoms with Crippen molar-refractivity contribution in [3.63, 3.8) is 0 Å². The van der Waals surface area contributed by atoms with E-state index in [1.165, 1.54) is 10.6 Å². The quantitative estimate of drug-likeness (QED) is 0.233. The fourth-order valence-corrected chi connectivity index (χ4v) is 4.50. The van der Waals surface area contributed by atoms with Crippen LogP contribution >= 0.6 is 0 Å². The molecule has 190 valence electrons. The third-order valence-corrected chi connectivity index (χ3v) is 6.18. The highest BCUT2D eigenvalue weighted by atomic mass is 32.3. The summed E-state index contributed by atoms with van der Waals surface area (Å²) in [6.07, 6.45) is 3.43. The summed E-state index contributed by atoms with van der Waals surface area (Å²) in [5.74, 6) is 0.701. The number of unbranched alkanes of at least 4 members (excludes halogenated alkanes) is 1. The van der Waals surface area contributed by atoms with E-state index in [0.717, 1.165) is 17.5 Å². The highest BCUT2D eigenvalue weighted by molar-refractivity contribution is 7.81. The molecule has 0 aliphatic heterocycles. The highest BCUT2D eigenvalue weighted by Gasteiger charge is 2.17. The standard InChI is InChI=1S/C25H28N4O6S/c1-2-9-21-26-22-23(27-21)28(25(31)29(24(22)30)17-19-11-4-3-5-12-19)15-7-6-10-18-13-8-14-20(16-18)35-36(32,33)34/h3-5,8,11-14,16H,2,6-7,9-10,15,17H2,1H3,(H,26,27)(H,32,33,34). The minimum absolute atomic E-state index is 0.0286. The van der Waals surface area contributed by atoms with Crippen LogP contribution in [0.3, 0.4) is 0 Å². The minimum atomic E-state index is -4.59. The second kappa shape index (κ2) is 10.9. The summed E-state index contributed by atoms with van der Waals surface area (Å²) in [5, 5.41) is 0. The van der Waals surface area contributed by atoms with Gasteiger partial charge in [0.15, 0.2) is 5.65 Å². The van der Waals surface area contributed by atoms with Gasteiger partial charge in [-0.1, -0.05) is 49.4 Å². The molecule has 0 aliphatic carbocycles. The van der Waals surface area contributed by atoms with Crippen LogP contribution in [0.4, 0.5) is 0 Å². The third kappa shape index (κ3) is 6.10. The summed E-state index contributed by atoms with van der Waals surface area (Å²) in [7, 11) is -4.59. The Morgan fingerprint density at radius 2 is 1.72 bits per heavy atom. The first-order valence-corrected chi connectivity index (χ1v) is 13.1. The second-order valence-electron chi connectivity index (χ2n) is 8.56. The number of rotatable bonds is 11. The van der Waals surface area contributed by atoms with Gasteiger partial charge in [-0.15, -0.1) is 0 Å². The van der Waals surface area contributed by atoms with E-state index in [2.05, 4.69) is 14.2 Å². The molecule has 2 heterocycles. The molecule has 0 aliphatic rings. The predicted octanol–water partition coefficient (Wildman–Crippen LogP) is 3.09. The van der Waals surface area contributed by atoms with E-state index in [-0.39, 0.29) is 17.9 Å². The number of hydrogen-bond acceptors (Lipinski definition) is 6. The van der Waals surface area contributed by atoms with Crippen LogP contribution in [0, 0.1) is 0 Å². The molecule has 0 amide bonds. The van der Waals surface area contributed by atoms with Crippen molar-refractivity contribution < 1.29 is 17.2 Å². The van der Waals surface area contributed by atoms with Crippen molar-refractivity contribution in [3.8, 4) is 5.75 Å². The lowest BCUT2D eigenvalue weighted by Crippen LogP contribution is -2.40. The van der Waals surface area contributed by atoms with Crippen LogP contribution < -0.4 is 15.4 Å². The van der Waals surface area contributed by atoms with E-state index in [4.69, 9.17) is 4.55 Å². The number of aromatic amines is 1. The first-order chi connectivity index (χ1) is 17.2. The van der Waals surface area contributed by atoms with Crippen LogP contribution in [-0.2, 0) is 36.3 Å². The predicted molar refractivity (Wildman–Crippen MR) is 136 cm³/mol. The summed E-state index contributed by atoms with van der Waals surface area (Å²) < 4.78 is 38.1. The molecule has 2 aromatic heterocycles. The fraction of sp³-hybridized carbons (Fsp3) is 0.320. The van der Waals surface area contributed by atoms with Gasteiger partial charge in [0, 0.05) is 13.0 Å². The van der Waals surface area contributed by atoms with Gasteiger partial charge in [0.2, 0.25) is 0 Å². The molecule has 4 aromatic rings. The Morgan fingerprint density at radius 1 is 0.972 bits per heavy atom. The second-order valence-corrected chi connectivity index (χ2v) is 9.58. The maximum absolute atomic E-state index is 13.4. The zero-order valence-electron chi connectivity index (χ0n) is 19.9. The lowest BCUT2D eigenvalue weighted by atomic mass is 10.1. The molecule has 0 unspecified atom stereocenters. The molecule has 0 fully saturated rings. The lowest BCUT2D eigenvalue weighted by Gasteiger charge is -2.11. The smallest absolute Gasteiger partial charge is 0.362 e. The van der Waals surface area contributed by atoms with Gasteiger partial charge in [0.25, 0.3) is 5.56 Å². The number of hydrogen-bond donors (Lipinski definition) is 2. The van der Waals surface area contributed by atoms with Crippen LogP contribution in [0.15, 0.2) is 64.2 Å². The third-order valence-electron chi connectivity index (χ3n) is 5.78. The summed E-state index contributed by atoms with van der Waals surface area (Å²) in [4.78, 5) is 34.2.